The molecule has 32 heavy (non-hydrogen) atoms. The van der Waals surface area contributed by atoms with E-state index in [2.05, 4.69) is 56.5 Å². The lowest BCUT2D eigenvalue weighted by atomic mass is 9.85. The molecule has 4 rings (SSSR count). The van der Waals surface area contributed by atoms with Crippen LogP contribution in [0, 0.1) is 5.92 Å². The number of nitrogens with one attached hydrogen (secondary N) is 2. The average molecular weight is 440 g/mol. The highest BCUT2D eigenvalue weighted by Crippen LogP contribution is 2.28. The van der Waals surface area contributed by atoms with E-state index in [1.165, 1.54) is 11.9 Å². The Morgan fingerprint density at radius 3 is 2.53 bits per heavy atom. The Morgan fingerprint density at radius 1 is 1.16 bits per heavy atom. The molecule has 0 unspecified atom stereocenters. The van der Waals surface area contributed by atoms with Gasteiger partial charge in [-0.3, -0.25) is 4.79 Å². The zero-order valence-electron chi connectivity index (χ0n) is 18.8. The highest BCUT2D eigenvalue weighted by atomic mass is 16.3. The van der Waals surface area contributed by atoms with E-state index in [1.54, 1.807) is 0 Å². The molecule has 2 heterocycles. The van der Waals surface area contributed by atoms with Gasteiger partial charge < -0.3 is 31.3 Å². The normalized spacial score (nSPS) is 24.2. The molecule has 1 amide bonds. The molecule has 1 aromatic heterocycles. The first kappa shape index (κ1) is 22.3. The fourth-order valence-electron chi connectivity index (χ4n) is 4.30. The van der Waals surface area contributed by atoms with Gasteiger partial charge in [-0.25, -0.2) is 4.98 Å². The Bertz CT molecular complexity index is 928. The molecule has 1 aliphatic heterocycles. The van der Waals surface area contributed by atoms with Crippen molar-refractivity contribution in [1.82, 2.24) is 14.9 Å². The van der Waals surface area contributed by atoms with Gasteiger partial charge in [-0.1, -0.05) is 6.92 Å². The fourth-order valence-corrected chi connectivity index (χ4v) is 4.30. The molecule has 9 nitrogen and oxygen atoms in total. The molecule has 2 aromatic rings. The molecular weight excluding hydrogens is 406 g/mol. The van der Waals surface area contributed by atoms with Gasteiger partial charge in [0.25, 0.3) is 5.91 Å². The Labute approximate surface area is 189 Å². The molecular formula is C23H33N7O2. The molecule has 1 saturated heterocycles. The number of amides is 1. The number of piperazine rings is 1. The van der Waals surface area contributed by atoms with Crippen LogP contribution in [0.1, 0.15) is 36.5 Å². The summed E-state index contributed by atoms with van der Waals surface area (Å²) in [7, 11) is 2.15. The summed E-state index contributed by atoms with van der Waals surface area (Å²) in [6, 6.07) is 8.23. The Kier molecular flexibility index (Phi) is 6.76. The molecule has 0 bridgehead atoms. The molecule has 0 spiro atoms. The van der Waals surface area contributed by atoms with Gasteiger partial charge in [-0.2, -0.15) is 4.98 Å². The lowest BCUT2D eigenvalue weighted by Gasteiger charge is -2.34. The number of hydrogen-bond acceptors (Lipinski definition) is 8. The van der Waals surface area contributed by atoms with Gasteiger partial charge in [0.05, 0.1) is 11.7 Å². The molecule has 1 aliphatic carbocycles. The number of nitrogens with two attached hydrogens (primary N) is 1. The van der Waals surface area contributed by atoms with Crippen LogP contribution in [0.2, 0.25) is 0 Å². The lowest BCUT2D eigenvalue weighted by Crippen LogP contribution is -2.44. The number of aliphatic hydroxyl groups excluding tert-OH is 1. The topological polar surface area (TPSA) is 120 Å². The third-order valence-electron chi connectivity index (χ3n) is 6.54. The van der Waals surface area contributed by atoms with E-state index in [9.17, 15) is 9.90 Å². The first-order valence-corrected chi connectivity index (χ1v) is 11.3. The van der Waals surface area contributed by atoms with E-state index in [-0.39, 0.29) is 23.6 Å². The van der Waals surface area contributed by atoms with Crippen LogP contribution in [0.25, 0.3) is 0 Å². The lowest BCUT2D eigenvalue weighted by molar-refractivity contribution is 0.0739. The molecule has 0 radical (unpaired) electrons. The second kappa shape index (κ2) is 9.70. The minimum absolute atomic E-state index is 0.0323. The van der Waals surface area contributed by atoms with Gasteiger partial charge in [-0.05, 0) is 56.5 Å². The van der Waals surface area contributed by atoms with E-state index in [0.29, 0.717) is 18.2 Å². The number of aromatic nitrogens is 2. The van der Waals surface area contributed by atoms with Crippen molar-refractivity contribution < 1.29 is 9.90 Å². The first-order valence-electron chi connectivity index (χ1n) is 11.3. The Morgan fingerprint density at radius 2 is 1.88 bits per heavy atom. The van der Waals surface area contributed by atoms with Gasteiger partial charge in [0.15, 0.2) is 0 Å². The van der Waals surface area contributed by atoms with Crippen LogP contribution in [-0.4, -0.2) is 71.3 Å². The highest BCUT2D eigenvalue weighted by molar-refractivity contribution is 5.97. The van der Waals surface area contributed by atoms with Crippen LogP contribution in [0.5, 0.6) is 0 Å². The predicted molar refractivity (Wildman–Crippen MR) is 126 cm³/mol. The SMILES string of the molecule is C[C@@H]1CC[C@@H](Nc2nc(Nc3ccc(N4CCN(C)CC4)cc3)ncc2C(N)=O)C[C@H]1O. The monoisotopic (exact) mass is 439 g/mol. The van der Waals surface area contributed by atoms with Crippen LogP contribution in [0.15, 0.2) is 30.5 Å². The van der Waals surface area contributed by atoms with Gasteiger partial charge >= 0.3 is 0 Å². The zero-order valence-corrected chi connectivity index (χ0v) is 18.8. The van der Waals surface area contributed by atoms with Crippen LogP contribution in [0.4, 0.5) is 23.1 Å². The number of hydrogen-bond donors (Lipinski definition) is 4. The van der Waals surface area contributed by atoms with Crippen LogP contribution in [-0.2, 0) is 0 Å². The number of benzene rings is 1. The standard InChI is InChI=1S/C23H33N7O2/c1-15-3-4-17(13-20(15)31)26-22-19(21(24)32)14-25-23(28-22)27-16-5-7-18(8-6-16)30-11-9-29(2)10-12-30/h5-8,14-15,17,20,31H,3-4,9-13H2,1-2H3,(H2,24,32)(H2,25,26,27,28)/t15-,17-,20-/m1/s1. The Hall–Kier alpha value is -2.91. The maximum Gasteiger partial charge on any atom is 0.254 e. The average Bonchev–Trinajstić information content (AvgIpc) is 2.77. The second-order valence-corrected chi connectivity index (χ2v) is 8.98. The number of anilines is 4. The summed E-state index contributed by atoms with van der Waals surface area (Å²) in [5.41, 5.74) is 7.83. The summed E-state index contributed by atoms with van der Waals surface area (Å²) in [6.45, 7) is 6.21. The number of likely N-dealkylation sites (N-methyl/N-ethyl adjacent to an activating group) is 1. The maximum absolute atomic E-state index is 11.9. The zero-order chi connectivity index (χ0) is 22.7. The summed E-state index contributed by atoms with van der Waals surface area (Å²) in [6.07, 6.45) is 3.51. The first-order chi connectivity index (χ1) is 15.4. The Balaban J connectivity index is 1.45. The number of carbonyl (C=O) groups excluding carboxylic acids is 1. The summed E-state index contributed by atoms with van der Waals surface area (Å²) >= 11 is 0. The molecule has 2 aliphatic rings. The highest BCUT2D eigenvalue weighted by Gasteiger charge is 2.27. The van der Waals surface area contributed by atoms with Crippen molar-refractivity contribution in [3.05, 3.63) is 36.0 Å². The van der Waals surface area contributed by atoms with Crippen LogP contribution < -0.4 is 21.3 Å². The third-order valence-corrected chi connectivity index (χ3v) is 6.54. The van der Waals surface area contributed by atoms with Crippen molar-refractivity contribution in [1.29, 1.82) is 0 Å². The minimum atomic E-state index is -0.583. The minimum Gasteiger partial charge on any atom is -0.393 e. The molecule has 9 heteroatoms. The smallest absolute Gasteiger partial charge is 0.254 e. The maximum atomic E-state index is 11.9. The van der Waals surface area contributed by atoms with Crippen molar-refractivity contribution in [2.24, 2.45) is 11.7 Å². The quantitative estimate of drug-likeness (QED) is 0.540. The molecule has 1 aromatic carbocycles. The van der Waals surface area contributed by atoms with Crippen molar-refractivity contribution in [2.75, 3.05) is 48.8 Å². The van der Waals surface area contributed by atoms with Gasteiger partial charge in [-0.15, -0.1) is 0 Å². The van der Waals surface area contributed by atoms with E-state index in [1.807, 2.05) is 12.1 Å². The van der Waals surface area contributed by atoms with E-state index in [4.69, 9.17) is 5.73 Å². The fraction of sp³-hybridized carbons (Fsp3) is 0.522. The number of carbonyl (C=O) groups is 1. The molecule has 172 valence electrons. The summed E-state index contributed by atoms with van der Waals surface area (Å²) in [5.74, 6) is 0.478. The molecule has 3 atom stereocenters. The predicted octanol–water partition coefficient (Wildman–Crippen LogP) is 2.03. The van der Waals surface area contributed by atoms with Gasteiger partial charge in [0.1, 0.15) is 5.82 Å². The second-order valence-electron chi connectivity index (χ2n) is 8.98. The van der Waals surface area contributed by atoms with Crippen LogP contribution >= 0.6 is 0 Å². The number of primary amides is 1. The van der Waals surface area contributed by atoms with Crippen molar-refractivity contribution >= 4 is 29.0 Å². The number of rotatable bonds is 6. The van der Waals surface area contributed by atoms with Crippen molar-refractivity contribution in [3.63, 3.8) is 0 Å². The third kappa shape index (κ3) is 5.28. The summed E-state index contributed by atoms with van der Waals surface area (Å²) < 4.78 is 0. The summed E-state index contributed by atoms with van der Waals surface area (Å²) in [4.78, 5) is 25.4. The number of nitrogens with zero attached hydrogens (tertiary/aromatic N) is 4. The number of aliphatic hydroxyl groups is 1. The van der Waals surface area contributed by atoms with Crippen molar-refractivity contribution in [2.45, 2.75) is 38.3 Å². The van der Waals surface area contributed by atoms with Crippen molar-refractivity contribution in [3.8, 4) is 0 Å². The molecule has 1 saturated carbocycles. The molecule has 2 fully saturated rings. The summed E-state index contributed by atoms with van der Waals surface area (Å²) in [5, 5.41) is 16.7. The van der Waals surface area contributed by atoms with E-state index < -0.39 is 5.91 Å². The van der Waals surface area contributed by atoms with Gasteiger partial charge in [0.2, 0.25) is 5.95 Å². The molecule has 5 N–H and O–H groups in total. The van der Waals surface area contributed by atoms with Crippen LogP contribution in [0.3, 0.4) is 0 Å². The van der Waals surface area contributed by atoms with E-state index >= 15 is 0 Å². The largest absolute Gasteiger partial charge is 0.393 e. The van der Waals surface area contributed by atoms with Gasteiger partial charge in [0, 0.05) is 49.8 Å². The van der Waals surface area contributed by atoms with E-state index in [0.717, 1.165) is 44.7 Å².